The molecule has 1 aromatic carbocycles. The van der Waals surface area contributed by atoms with Gasteiger partial charge in [-0.25, -0.2) is 0 Å². The van der Waals surface area contributed by atoms with Crippen LogP contribution in [0, 0.1) is 0 Å². The summed E-state index contributed by atoms with van der Waals surface area (Å²) in [4.78, 5) is 6.15. The third kappa shape index (κ3) is 4.21. The van der Waals surface area contributed by atoms with E-state index in [1.807, 2.05) is 43.3 Å². The Bertz CT molecular complexity index is 335. The van der Waals surface area contributed by atoms with E-state index in [9.17, 15) is 5.11 Å². The molecule has 1 N–H and O–H groups in total. The van der Waals surface area contributed by atoms with Gasteiger partial charge in [-0.3, -0.25) is 4.99 Å². The zero-order chi connectivity index (χ0) is 12.0. The van der Waals surface area contributed by atoms with Gasteiger partial charge in [-0.05, 0) is 17.7 Å². The zero-order valence-electron chi connectivity index (χ0n) is 9.60. The maximum atomic E-state index is 9.20. The Kier molecular flexibility index (Phi) is 5.29. The minimum Gasteiger partial charge on any atom is -0.390 e. The van der Waals surface area contributed by atoms with Crippen molar-refractivity contribution in [1.82, 2.24) is 0 Å². The van der Waals surface area contributed by atoms with Gasteiger partial charge >= 0.3 is 0 Å². The molecule has 0 aliphatic carbocycles. The van der Waals surface area contributed by atoms with Gasteiger partial charge in [0.05, 0.1) is 18.5 Å². The van der Waals surface area contributed by atoms with Crippen molar-refractivity contribution in [2.45, 2.75) is 6.10 Å². The third-order valence-electron chi connectivity index (χ3n) is 2.14. The molecular weight excluding hydrogens is 224 g/mol. The number of anilines is 1. The fourth-order valence-electron chi connectivity index (χ4n) is 1.19. The van der Waals surface area contributed by atoms with E-state index in [-0.39, 0.29) is 5.88 Å². The van der Waals surface area contributed by atoms with Gasteiger partial charge in [0.15, 0.2) is 0 Å². The standard InChI is InChI=1S/C12H17ClN2O/c1-15(2)11-5-3-10(4-6-11)8-14-9-12(16)7-13/h3-6,8,12,16H,7,9H2,1-2H3. The Morgan fingerprint density at radius 3 is 2.50 bits per heavy atom. The van der Waals surface area contributed by atoms with Crippen LogP contribution in [-0.2, 0) is 0 Å². The fraction of sp³-hybridized carbons (Fsp3) is 0.417. The monoisotopic (exact) mass is 240 g/mol. The molecule has 0 saturated heterocycles. The molecule has 88 valence electrons. The van der Waals surface area contributed by atoms with Gasteiger partial charge in [0.1, 0.15) is 0 Å². The highest BCUT2D eigenvalue weighted by molar-refractivity contribution is 6.18. The number of hydrogen-bond donors (Lipinski definition) is 1. The summed E-state index contributed by atoms with van der Waals surface area (Å²) in [7, 11) is 4.00. The highest BCUT2D eigenvalue weighted by Gasteiger charge is 1.98. The normalized spacial score (nSPS) is 13.0. The fourth-order valence-corrected chi connectivity index (χ4v) is 1.28. The van der Waals surface area contributed by atoms with Crippen molar-refractivity contribution in [2.24, 2.45) is 4.99 Å². The number of rotatable bonds is 5. The Morgan fingerprint density at radius 1 is 1.38 bits per heavy atom. The van der Waals surface area contributed by atoms with E-state index in [2.05, 4.69) is 4.99 Å². The van der Waals surface area contributed by atoms with Crippen LogP contribution >= 0.6 is 11.6 Å². The second kappa shape index (κ2) is 6.51. The van der Waals surface area contributed by atoms with Gasteiger partial charge in [-0.15, -0.1) is 11.6 Å². The number of nitrogens with zero attached hydrogens (tertiary/aromatic N) is 2. The lowest BCUT2D eigenvalue weighted by Gasteiger charge is -2.11. The summed E-state index contributed by atoms with van der Waals surface area (Å²) in [5.41, 5.74) is 2.17. The zero-order valence-corrected chi connectivity index (χ0v) is 10.4. The lowest BCUT2D eigenvalue weighted by molar-refractivity contribution is 0.207. The summed E-state index contributed by atoms with van der Waals surface area (Å²) in [6.07, 6.45) is 1.19. The molecule has 0 bridgehead atoms. The van der Waals surface area contributed by atoms with Crippen LogP contribution < -0.4 is 4.90 Å². The summed E-state index contributed by atoms with van der Waals surface area (Å²) in [6, 6.07) is 8.04. The Hall–Kier alpha value is -1.06. The first-order valence-corrected chi connectivity index (χ1v) is 5.68. The second-order valence-electron chi connectivity index (χ2n) is 3.79. The molecule has 0 radical (unpaired) electrons. The highest BCUT2D eigenvalue weighted by atomic mass is 35.5. The lowest BCUT2D eigenvalue weighted by atomic mass is 10.2. The smallest absolute Gasteiger partial charge is 0.0870 e. The highest BCUT2D eigenvalue weighted by Crippen LogP contribution is 2.10. The number of alkyl halides is 1. The van der Waals surface area contributed by atoms with Crippen LogP contribution in [0.15, 0.2) is 29.3 Å². The maximum Gasteiger partial charge on any atom is 0.0870 e. The maximum absolute atomic E-state index is 9.20. The average molecular weight is 241 g/mol. The number of aliphatic imine (C=N–C) groups is 1. The topological polar surface area (TPSA) is 35.8 Å². The van der Waals surface area contributed by atoms with Gasteiger partial charge < -0.3 is 10.0 Å². The molecule has 3 nitrogen and oxygen atoms in total. The van der Waals surface area contributed by atoms with E-state index in [1.165, 1.54) is 0 Å². The van der Waals surface area contributed by atoms with Crippen molar-refractivity contribution in [2.75, 3.05) is 31.4 Å². The lowest BCUT2D eigenvalue weighted by Crippen LogP contribution is -2.12. The first-order chi connectivity index (χ1) is 7.63. The molecule has 0 aromatic heterocycles. The Labute approximate surface area is 101 Å². The van der Waals surface area contributed by atoms with Crippen molar-refractivity contribution in [1.29, 1.82) is 0 Å². The third-order valence-corrected chi connectivity index (χ3v) is 2.50. The van der Waals surface area contributed by atoms with Crippen LogP contribution in [0.4, 0.5) is 5.69 Å². The summed E-state index contributed by atoms with van der Waals surface area (Å²) in [6.45, 7) is 0.346. The SMILES string of the molecule is CN(C)c1ccc(C=NCC(O)CCl)cc1. The van der Waals surface area contributed by atoms with Crippen molar-refractivity contribution in [3.8, 4) is 0 Å². The van der Waals surface area contributed by atoms with Crippen molar-refractivity contribution < 1.29 is 5.11 Å². The molecule has 0 aliphatic rings. The largest absolute Gasteiger partial charge is 0.390 e. The second-order valence-corrected chi connectivity index (χ2v) is 4.10. The molecule has 0 amide bonds. The molecule has 0 fully saturated rings. The van der Waals surface area contributed by atoms with E-state index >= 15 is 0 Å². The van der Waals surface area contributed by atoms with Gasteiger partial charge in [0.2, 0.25) is 0 Å². The predicted octanol–water partition coefficient (Wildman–Crippen LogP) is 1.77. The molecule has 1 rings (SSSR count). The van der Waals surface area contributed by atoms with E-state index in [4.69, 9.17) is 11.6 Å². The summed E-state index contributed by atoms with van der Waals surface area (Å²) in [5, 5.41) is 9.20. The number of aliphatic hydroxyl groups is 1. The quantitative estimate of drug-likeness (QED) is 0.629. The van der Waals surface area contributed by atoms with E-state index in [0.29, 0.717) is 6.54 Å². The molecule has 4 heteroatoms. The van der Waals surface area contributed by atoms with E-state index < -0.39 is 6.10 Å². The molecular formula is C12H17ClN2O. The van der Waals surface area contributed by atoms with Crippen LogP contribution in [-0.4, -0.2) is 43.9 Å². The molecule has 16 heavy (non-hydrogen) atoms. The average Bonchev–Trinajstić information content (AvgIpc) is 2.29. The van der Waals surface area contributed by atoms with Gasteiger partial charge in [0.25, 0.3) is 0 Å². The summed E-state index contributed by atoms with van der Waals surface area (Å²) in [5.74, 6) is 0.219. The van der Waals surface area contributed by atoms with Crippen molar-refractivity contribution >= 4 is 23.5 Å². The number of benzene rings is 1. The van der Waals surface area contributed by atoms with Crippen LogP contribution in [0.3, 0.4) is 0 Å². The van der Waals surface area contributed by atoms with Crippen molar-refractivity contribution in [3.05, 3.63) is 29.8 Å². The molecule has 0 heterocycles. The first kappa shape index (κ1) is 13.0. The number of halogens is 1. The van der Waals surface area contributed by atoms with Gasteiger partial charge in [-0.2, -0.15) is 0 Å². The summed E-state index contributed by atoms with van der Waals surface area (Å²) < 4.78 is 0. The minimum absolute atomic E-state index is 0.219. The molecule has 1 atom stereocenters. The number of aliphatic hydroxyl groups excluding tert-OH is 1. The molecule has 0 saturated carbocycles. The first-order valence-electron chi connectivity index (χ1n) is 5.14. The van der Waals surface area contributed by atoms with E-state index in [1.54, 1.807) is 6.21 Å². The van der Waals surface area contributed by atoms with Crippen LogP contribution in [0.2, 0.25) is 0 Å². The molecule has 1 aromatic rings. The Balaban J connectivity index is 2.55. The minimum atomic E-state index is -0.557. The molecule has 0 spiro atoms. The van der Waals surface area contributed by atoms with Crippen LogP contribution in [0.1, 0.15) is 5.56 Å². The number of hydrogen-bond acceptors (Lipinski definition) is 3. The molecule has 0 aliphatic heterocycles. The Morgan fingerprint density at radius 2 is 2.00 bits per heavy atom. The summed E-state index contributed by atoms with van der Waals surface area (Å²) >= 11 is 5.46. The van der Waals surface area contributed by atoms with Crippen molar-refractivity contribution in [3.63, 3.8) is 0 Å². The van der Waals surface area contributed by atoms with Gasteiger partial charge in [0, 0.05) is 26.0 Å². The van der Waals surface area contributed by atoms with Crippen LogP contribution in [0.25, 0.3) is 0 Å². The van der Waals surface area contributed by atoms with Gasteiger partial charge in [-0.1, -0.05) is 12.1 Å². The molecule has 1 unspecified atom stereocenters. The predicted molar refractivity (Wildman–Crippen MR) is 70.0 cm³/mol. The van der Waals surface area contributed by atoms with E-state index in [0.717, 1.165) is 11.3 Å². The van der Waals surface area contributed by atoms with Crippen LogP contribution in [0.5, 0.6) is 0 Å².